The first-order valence-corrected chi connectivity index (χ1v) is 12.5. The molecular formula is C22H30ClN3O4S. The highest BCUT2D eigenvalue weighted by Crippen LogP contribution is 2.32. The van der Waals surface area contributed by atoms with E-state index in [4.69, 9.17) is 16.1 Å². The molecule has 7 nitrogen and oxygen atoms in total. The smallest absolute Gasteiger partial charge is 0.248 e. The molecule has 0 atom stereocenters. The number of benzene rings is 1. The molecule has 1 aromatic carbocycles. The second-order valence-corrected chi connectivity index (χ2v) is 10.4. The molecule has 1 fully saturated rings. The molecule has 0 unspecified atom stereocenters. The van der Waals surface area contributed by atoms with Crippen LogP contribution in [-0.4, -0.2) is 36.9 Å². The average molecular weight is 468 g/mol. The summed E-state index contributed by atoms with van der Waals surface area (Å²) in [5, 5.41) is 7.68. The predicted molar refractivity (Wildman–Crippen MR) is 119 cm³/mol. The van der Waals surface area contributed by atoms with Crippen molar-refractivity contribution in [2.24, 2.45) is 5.92 Å². The summed E-state index contributed by atoms with van der Waals surface area (Å²) in [6, 6.07) is 7.57. The molecule has 170 valence electrons. The molecule has 0 aliphatic carbocycles. The van der Waals surface area contributed by atoms with Gasteiger partial charge in [-0.2, -0.15) is 4.31 Å². The van der Waals surface area contributed by atoms with Crippen molar-refractivity contribution in [1.82, 2.24) is 14.8 Å². The van der Waals surface area contributed by atoms with Crippen LogP contribution in [0.2, 0.25) is 5.02 Å². The van der Waals surface area contributed by atoms with Crippen LogP contribution < -0.4 is 5.32 Å². The Kier molecular flexibility index (Phi) is 7.13. The summed E-state index contributed by atoms with van der Waals surface area (Å²) >= 11 is 6.03. The van der Waals surface area contributed by atoms with Crippen molar-refractivity contribution < 1.29 is 17.7 Å². The number of hydrogen-bond donors (Lipinski definition) is 1. The highest BCUT2D eigenvalue weighted by Gasteiger charge is 2.38. The molecule has 2 aromatic rings. The number of sulfonamides is 1. The van der Waals surface area contributed by atoms with Gasteiger partial charge in [-0.05, 0) is 57.2 Å². The topological polar surface area (TPSA) is 92.5 Å². The molecule has 1 N–H and O–H groups in total. The molecule has 0 spiro atoms. The van der Waals surface area contributed by atoms with Crippen LogP contribution in [-0.2, 0) is 20.4 Å². The van der Waals surface area contributed by atoms with Crippen molar-refractivity contribution in [2.45, 2.75) is 63.8 Å². The number of rotatable bonds is 7. The summed E-state index contributed by atoms with van der Waals surface area (Å²) in [6.07, 6.45) is 2.43. The third-order valence-corrected chi connectivity index (χ3v) is 8.75. The number of nitrogens with one attached hydrogen (secondary N) is 1. The number of aryl methyl sites for hydroxylation is 2. The van der Waals surface area contributed by atoms with Crippen LogP contribution >= 0.6 is 11.6 Å². The first kappa shape index (κ1) is 23.8. The Balaban J connectivity index is 1.70. The van der Waals surface area contributed by atoms with E-state index in [-0.39, 0.29) is 35.6 Å². The SMILES string of the molecule is CCC(CC)(NC(=O)C1CCN(S(=O)(=O)c2c(C)noc2C)CC1)c1ccc(Cl)cc1. The Labute approximate surface area is 189 Å². The van der Waals surface area contributed by atoms with E-state index in [0.717, 1.165) is 18.4 Å². The summed E-state index contributed by atoms with van der Waals surface area (Å²) in [5.41, 5.74) is 0.909. The number of carbonyl (C=O) groups is 1. The van der Waals surface area contributed by atoms with Crippen molar-refractivity contribution in [3.05, 3.63) is 46.3 Å². The lowest BCUT2D eigenvalue weighted by atomic mass is 9.83. The monoisotopic (exact) mass is 467 g/mol. The second kappa shape index (κ2) is 9.30. The Morgan fingerprint density at radius 1 is 1.19 bits per heavy atom. The number of hydrogen-bond acceptors (Lipinski definition) is 5. The highest BCUT2D eigenvalue weighted by atomic mass is 35.5. The molecule has 2 heterocycles. The van der Waals surface area contributed by atoms with Crippen molar-refractivity contribution >= 4 is 27.5 Å². The van der Waals surface area contributed by atoms with Gasteiger partial charge in [-0.3, -0.25) is 4.79 Å². The summed E-state index contributed by atoms with van der Waals surface area (Å²) in [7, 11) is -3.69. The lowest BCUT2D eigenvalue weighted by Crippen LogP contribution is -2.50. The first-order valence-electron chi connectivity index (χ1n) is 10.7. The Morgan fingerprint density at radius 2 is 1.77 bits per heavy atom. The number of aromatic nitrogens is 1. The number of amides is 1. The first-order chi connectivity index (χ1) is 14.6. The van der Waals surface area contributed by atoms with Crippen molar-refractivity contribution in [3.63, 3.8) is 0 Å². The van der Waals surface area contributed by atoms with Gasteiger partial charge in [0.25, 0.3) is 0 Å². The number of halogens is 1. The second-order valence-electron chi connectivity index (χ2n) is 8.12. The molecule has 1 aliphatic rings. The third-order valence-electron chi connectivity index (χ3n) is 6.36. The number of nitrogens with zero attached hydrogens (tertiary/aromatic N) is 2. The van der Waals surface area contributed by atoms with Crippen LogP contribution in [0.4, 0.5) is 0 Å². The molecule has 0 radical (unpaired) electrons. The lowest BCUT2D eigenvalue weighted by Gasteiger charge is -2.37. The van der Waals surface area contributed by atoms with Crippen LogP contribution in [0.3, 0.4) is 0 Å². The van der Waals surface area contributed by atoms with E-state index >= 15 is 0 Å². The normalized spacial score (nSPS) is 16.4. The van der Waals surface area contributed by atoms with Gasteiger partial charge in [-0.25, -0.2) is 8.42 Å². The van der Waals surface area contributed by atoms with Gasteiger partial charge < -0.3 is 9.84 Å². The predicted octanol–water partition coefficient (Wildman–Crippen LogP) is 4.18. The lowest BCUT2D eigenvalue weighted by molar-refractivity contribution is -0.128. The summed E-state index contributed by atoms with van der Waals surface area (Å²) in [6.45, 7) is 7.90. The van der Waals surface area contributed by atoms with Crippen LogP contribution in [0.15, 0.2) is 33.7 Å². The van der Waals surface area contributed by atoms with Gasteiger partial charge in [0.05, 0.1) is 5.54 Å². The Hall–Kier alpha value is -1.90. The summed E-state index contributed by atoms with van der Waals surface area (Å²) in [5.74, 6) is 0.0185. The van der Waals surface area contributed by atoms with Crippen molar-refractivity contribution in [2.75, 3.05) is 13.1 Å². The molecule has 31 heavy (non-hydrogen) atoms. The average Bonchev–Trinajstić information content (AvgIpc) is 3.11. The van der Waals surface area contributed by atoms with Gasteiger partial charge in [0.2, 0.25) is 15.9 Å². The standard InChI is InChI=1S/C22H30ClN3O4S/c1-5-22(6-2,18-7-9-19(23)10-8-18)24-21(27)17-11-13-26(14-12-17)31(28,29)20-15(3)25-30-16(20)4/h7-10,17H,5-6,11-14H2,1-4H3,(H,24,27). The molecule has 1 aromatic heterocycles. The summed E-state index contributed by atoms with van der Waals surface area (Å²) < 4.78 is 32.5. The van der Waals surface area contributed by atoms with Gasteiger partial charge >= 0.3 is 0 Å². The Bertz CT molecular complexity index is 1000. The quantitative estimate of drug-likeness (QED) is 0.659. The van der Waals surface area contributed by atoms with E-state index in [1.54, 1.807) is 13.8 Å². The molecule has 1 aliphatic heterocycles. The van der Waals surface area contributed by atoms with E-state index in [1.807, 2.05) is 24.3 Å². The van der Waals surface area contributed by atoms with E-state index in [2.05, 4.69) is 24.3 Å². The van der Waals surface area contributed by atoms with E-state index in [1.165, 1.54) is 4.31 Å². The van der Waals surface area contributed by atoms with Crippen LogP contribution in [0, 0.1) is 19.8 Å². The van der Waals surface area contributed by atoms with Crippen molar-refractivity contribution in [1.29, 1.82) is 0 Å². The van der Waals surface area contributed by atoms with Gasteiger partial charge in [0, 0.05) is 24.0 Å². The molecule has 0 bridgehead atoms. The van der Waals surface area contributed by atoms with Gasteiger partial charge in [0.15, 0.2) is 5.76 Å². The third kappa shape index (κ3) is 4.66. The zero-order valence-electron chi connectivity index (χ0n) is 18.4. The fourth-order valence-electron chi connectivity index (χ4n) is 4.34. The number of piperidine rings is 1. The van der Waals surface area contributed by atoms with E-state index in [0.29, 0.717) is 23.6 Å². The fourth-order valence-corrected chi connectivity index (χ4v) is 6.23. The van der Waals surface area contributed by atoms with Gasteiger partial charge in [-0.15, -0.1) is 0 Å². The minimum atomic E-state index is -3.69. The van der Waals surface area contributed by atoms with Gasteiger partial charge in [0.1, 0.15) is 10.6 Å². The maximum Gasteiger partial charge on any atom is 0.248 e. The van der Waals surface area contributed by atoms with E-state index < -0.39 is 15.6 Å². The van der Waals surface area contributed by atoms with E-state index in [9.17, 15) is 13.2 Å². The molecule has 3 rings (SSSR count). The highest BCUT2D eigenvalue weighted by molar-refractivity contribution is 7.89. The fraction of sp³-hybridized carbons (Fsp3) is 0.545. The molecule has 1 amide bonds. The minimum absolute atomic E-state index is 0.0342. The maximum absolute atomic E-state index is 13.1. The maximum atomic E-state index is 13.1. The molecular weight excluding hydrogens is 438 g/mol. The van der Waals surface area contributed by atoms with Gasteiger partial charge in [-0.1, -0.05) is 42.7 Å². The number of carbonyl (C=O) groups excluding carboxylic acids is 1. The zero-order chi connectivity index (χ0) is 22.8. The van der Waals surface area contributed by atoms with Crippen molar-refractivity contribution in [3.8, 4) is 0 Å². The Morgan fingerprint density at radius 3 is 2.26 bits per heavy atom. The van der Waals surface area contributed by atoms with Crippen LogP contribution in [0.5, 0.6) is 0 Å². The minimum Gasteiger partial charge on any atom is -0.360 e. The molecule has 9 heteroatoms. The zero-order valence-corrected chi connectivity index (χ0v) is 20.0. The van der Waals surface area contributed by atoms with Crippen LogP contribution in [0.25, 0.3) is 0 Å². The van der Waals surface area contributed by atoms with Crippen LogP contribution in [0.1, 0.15) is 56.5 Å². The molecule has 0 saturated carbocycles. The summed E-state index contributed by atoms with van der Waals surface area (Å²) in [4.78, 5) is 13.3. The largest absolute Gasteiger partial charge is 0.360 e. The molecule has 1 saturated heterocycles.